The van der Waals surface area contributed by atoms with Gasteiger partial charge in [-0.2, -0.15) is 0 Å². The van der Waals surface area contributed by atoms with Gasteiger partial charge in [0.1, 0.15) is 0 Å². The maximum Gasteiger partial charge on any atom is 0.332 e. The summed E-state index contributed by atoms with van der Waals surface area (Å²) in [5.41, 5.74) is 0. The summed E-state index contributed by atoms with van der Waals surface area (Å²) in [4.78, 5) is 11.4. The summed E-state index contributed by atoms with van der Waals surface area (Å²) in [6.45, 7) is 1.59. The Labute approximate surface area is 83.3 Å². The van der Waals surface area contributed by atoms with E-state index in [0.29, 0.717) is 6.42 Å². The van der Waals surface area contributed by atoms with Crippen LogP contribution in [-0.4, -0.2) is 45.2 Å². The van der Waals surface area contributed by atoms with Crippen LogP contribution in [-0.2, 0) is 24.1 Å². The third kappa shape index (κ3) is 1.52. The molecule has 0 radical (unpaired) electrons. The molecule has 1 aliphatic rings. The summed E-state index contributed by atoms with van der Waals surface area (Å²) >= 11 is 0. The van der Waals surface area contributed by atoms with Gasteiger partial charge in [-0.1, -0.05) is 6.92 Å². The summed E-state index contributed by atoms with van der Waals surface area (Å²) in [6, 6.07) is 0. The molecule has 0 spiro atoms. The lowest BCUT2D eigenvalue weighted by Crippen LogP contribution is -2.62. The molecule has 6 heteroatoms. The molecule has 0 aromatic carbocycles. The van der Waals surface area contributed by atoms with Crippen molar-refractivity contribution in [1.82, 2.24) is 0 Å². The number of methoxy groups -OCH3 is 1. The maximum atomic E-state index is 11.8. The van der Waals surface area contributed by atoms with Crippen LogP contribution in [0.4, 0.5) is 0 Å². The minimum absolute atomic E-state index is 0.00847. The van der Waals surface area contributed by atoms with E-state index < -0.39 is 20.6 Å². The van der Waals surface area contributed by atoms with Crippen molar-refractivity contribution in [3.63, 3.8) is 0 Å². The quantitative estimate of drug-likeness (QED) is 0.614. The van der Waals surface area contributed by atoms with E-state index in [1.165, 1.54) is 7.11 Å². The molecule has 0 atom stereocenters. The van der Waals surface area contributed by atoms with E-state index >= 15 is 0 Å². The molecule has 82 valence electrons. The van der Waals surface area contributed by atoms with Gasteiger partial charge in [-0.05, 0) is 6.42 Å². The van der Waals surface area contributed by atoms with Gasteiger partial charge in [0, 0.05) is 0 Å². The highest BCUT2D eigenvalue weighted by atomic mass is 32.2. The number of sulfone groups is 1. The molecule has 0 aromatic heterocycles. The van der Waals surface area contributed by atoms with Gasteiger partial charge in [-0.3, -0.25) is 4.79 Å². The molecule has 1 rings (SSSR count). The third-order valence-electron chi connectivity index (χ3n) is 2.30. The summed E-state index contributed by atoms with van der Waals surface area (Å²) < 4.78 is 31.4. The van der Waals surface area contributed by atoms with Crippen molar-refractivity contribution in [2.24, 2.45) is 0 Å². The molecule has 0 bridgehead atoms. The normalized spacial score (nSPS) is 19.9. The molecule has 0 amide bonds. The molecule has 1 fully saturated rings. The molecule has 0 aromatic rings. The number of esters is 1. The Morgan fingerprint density at radius 3 is 2.36 bits per heavy atom. The van der Waals surface area contributed by atoms with Crippen molar-refractivity contribution in [3.05, 3.63) is 0 Å². The lowest BCUT2D eigenvalue weighted by Gasteiger charge is -2.37. The molecule has 5 nitrogen and oxygen atoms in total. The lowest BCUT2D eigenvalue weighted by atomic mass is 10.1. The van der Waals surface area contributed by atoms with Crippen LogP contribution in [0.2, 0.25) is 0 Å². The highest BCUT2D eigenvalue weighted by Crippen LogP contribution is 2.29. The Balaban J connectivity index is 2.96. The van der Waals surface area contributed by atoms with Gasteiger partial charge in [0.25, 0.3) is 0 Å². The number of ether oxygens (including phenoxy) is 2. The summed E-state index contributed by atoms with van der Waals surface area (Å²) in [7, 11) is -2.26. The molecular weight excluding hydrogens is 208 g/mol. The second-order valence-corrected chi connectivity index (χ2v) is 5.72. The molecule has 0 aliphatic carbocycles. The van der Waals surface area contributed by atoms with Gasteiger partial charge >= 0.3 is 5.97 Å². The van der Waals surface area contributed by atoms with Gasteiger partial charge in [-0.15, -0.1) is 0 Å². The third-order valence-corrected chi connectivity index (χ3v) is 4.83. The van der Waals surface area contributed by atoms with Crippen LogP contribution in [0.5, 0.6) is 0 Å². The highest BCUT2D eigenvalue weighted by Gasteiger charge is 2.57. The fraction of sp³-hybridized carbons (Fsp3) is 0.875. The van der Waals surface area contributed by atoms with Crippen molar-refractivity contribution < 1.29 is 22.7 Å². The Bertz CT molecular complexity index is 315. The van der Waals surface area contributed by atoms with Gasteiger partial charge in [0.15, 0.2) is 9.84 Å². The minimum atomic E-state index is -3.45. The number of hydrogen-bond donors (Lipinski definition) is 0. The van der Waals surface area contributed by atoms with Crippen LogP contribution in [0.25, 0.3) is 0 Å². The van der Waals surface area contributed by atoms with Crippen LogP contribution >= 0.6 is 0 Å². The zero-order valence-corrected chi connectivity index (χ0v) is 9.09. The zero-order chi connectivity index (χ0) is 10.8. The Hall–Kier alpha value is -0.620. The topological polar surface area (TPSA) is 69.7 Å². The van der Waals surface area contributed by atoms with Gasteiger partial charge < -0.3 is 9.47 Å². The molecule has 0 unspecified atom stereocenters. The van der Waals surface area contributed by atoms with Crippen molar-refractivity contribution in [2.75, 3.05) is 26.1 Å². The van der Waals surface area contributed by atoms with E-state index in [1.54, 1.807) is 6.92 Å². The molecule has 1 saturated heterocycles. The largest absolute Gasteiger partial charge is 0.468 e. The molecule has 1 aliphatic heterocycles. The first-order chi connectivity index (χ1) is 6.50. The predicted molar refractivity (Wildman–Crippen MR) is 49.6 cm³/mol. The SMILES string of the molecule is CCCS(=O)(=O)C1(C(=O)OC)COC1. The molecule has 14 heavy (non-hydrogen) atoms. The van der Waals surface area contributed by atoms with E-state index in [2.05, 4.69) is 4.74 Å². The fourth-order valence-electron chi connectivity index (χ4n) is 1.36. The summed E-state index contributed by atoms with van der Waals surface area (Å²) in [6.07, 6.45) is 0.487. The van der Waals surface area contributed by atoms with Gasteiger partial charge in [0.2, 0.25) is 4.75 Å². The second-order valence-electron chi connectivity index (χ2n) is 3.30. The second kappa shape index (κ2) is 3.86. The Kier molecular flexibility index (Phi) is 3.16. The van der Waals surface area contributed by atoms with E-state index in [-0.39, 0.29) is 19.0 Å². The molecular formula is C8H14O5S. The number of carbonyl (C=O) groups is 1. The summed E-state index contributed by atoms with van der Waals surface area (Å²) in [5, 5.41) is 0. The molecule has 0 saturated carbocycles. The fourth-order valence-corrected chi connectivity index (χ4v) is 3.15. The Morgan fingerprint density at radius 1 is 1.50 bits per heavy atom. The van der Waals surface area contributed by atoms with Crippen LogP contribution in [0.3, 0.4) is 0 Å². The Morgan fingerprint density at radius 2 is 2.07 bits per heavy atom. The van der Waals surface area contributed by atoms with Crippen molar-refractivity contribution in [2.45, 2.75) is 18.1 Å². The van der Waals surface area contributed by atoms with E-state index in [0.717, 1.165) is 0 Å². The van der Waals surface area contributed by atoms with E-state index in [4.69, 9.17) is 4.74 Å². The monoisotopic (exact) mass is 222 g/mol. The van der Waals surface area contributed by atoms with Gasteiger partial charge in [0.05, 0.1) is 26.1 Å². The first-order valence-corrected chi connectivity index (χ1v) is 6.04. The van der Waals surface area contributed by atoms with E-state index in [9.17, 15) is 13.2 Å². The lowest BCUT2D eigenvalue weighted by molar-refractivity contribution is -0.155. The van der Waals surface area contributed by atoms with Crippen LogP contribution in [0.1, 0.15) is 13.3 Å². The number of rotatable bonds is 4. The maximum absolute atomic E-state index is 11.8. The summed E-state index contributed by atoms with van der Waals surface area (Å²) in [5.74, 6) is -0.719. The van der Waals surface area contributed by atoms with Crippen LogP contribution in [0.15, 0.2) is 0 Å². The average molecular weight is 222 g/mol. The van der Waals surface area contributed by atoms with Crippen LogP contribution < -0.4 is 0 Å². The highest BCUT2D eigenvalue weighted by molar-refractivity contribution is 7.93. The molecule has 1 heterocycles. The van der Waals surface area contributed by atoms with Crippen molar-refractivity contribution in [3.8, 4) is 0 Å². The van der Waals surface area contributed by atoms with Crippen molar-refractivity contribution >= 4 is 15.8 Å². The van der Waals surface area contributed by atoms with Crippen LogP contribution in [0, 0.1) is 0 Å². The smallest absolute Gasteiger partial charge is 0.332 e. The predicted octanol–water partition coefficient (Wildman–Crippen LogP) is -0.247. The molecule has 0 N–H and O–H groups in total. The first-order valence-electron chi connectivity index (χ1n) is 4.38. The number of carbonyl (C=O) groups excluding carboxylic acids is 1. The zero-order valence-electron chi connectivity index (χ0n) is 8.28. The average Bonchev–Trinajstić information content (AvgIpc) is 2.00. The first kappa shape index (κ1) is 11.5. The van der Waals surface area contributed by atoms with Crippen molar-refractivity contribution in [1.29, 1.82) is 0 Å². The van der Waals surface area contributed by atoms with Gasteiger partial charge in [-0.25, -0.2) is 8.42 Å². The van der Waals surface area contributed by atoms with E-state index in [1.807, 2.05) is 0 Å². The number of hydrogen-bond acceptors (Lipinski definition) is 5. The standard InChI is InChI=1S/C8H14O5S/c1-3-4-14(10,11)8(5-13-6-8)7(9)12-2/h3-6H2,1-2H3. The minimum Gasteiger partial charge on any atom is -0.468 e.